The third-order valence-electron chi connectivity index (χ3n) is 3.60. The molecule has 110 valence electrons. The number of aliphatic hydroxyl groups excluding tert-OH is 1. The van der Waals surface area contributed by atoms with Crippen LogP contribution in [-0.4, -0.2) is 19.0 Å². The van der Waals surface area contributed by atoms with Gasteiger partial charge >= 0.3 is 0 Å². The first-order chi connectivity index (χ1) is 9.89. The van der Waals surface area contributed by atoms with Crippen molar-refractivity contribution < 1.29 is 9.90 Å². The second-order valence-corrected chi connectivity index (χ2v) is 11.4. The lowest BCUT2D eigenvalue weighted by molar-refractivity contribution is 0.0881. The molecule has 0 aliphatic rings. The predicted octanol–water partition coefficient (Wildman–Crippen LogP) is 3.54. The van der Waals surface area contributed by atoms with Crippen molar-refractivity contribution in [2.45, 2.75) is 32.2 Å². The van der Waals surface area contributed by atoms with Gasteiger partial charge in [0.05, 0.1) is 14.2 Å². The van der Waals surface area contributed by atoms with Crippen LogP contribution >= 0.6 is 0 Å². The molecule has 3 heteroatoms. The molecule has 2 aromatic carbocycles. The van der Waals surface area contributed by atoms with E-state index < -0.39 is 14.2 Å². The molecule has 1 N–H and O–H groups in total. The van der Waals surface area contributed by atoms with Crippen molar-refractivity contribution in [3.05, 3.63) is 65.7 Å². The Kier molecular flexibility index (Phi) is 4.75. The Balaban J connectivity index is 2.22. The van der Waals surface area contributed by atoms with Crippen molar-refractivity contribution in [1.29, 1.82) is 0 Å². The summed E-state index contributed by atoms with van der Waals surface area (Å²) < 4.78 is 0. The normalized spacial score (nSPS) is 13.0. The van der Waals surface area contributed by atoms with Gasteiger partial charge in [-0.3, -0.25) is 4.79 Å². The van der Waals surface area contributed by atoms with E-state index in [1.54, 1.807) is 0 Å². The number of benzene rings is 2. The summed E-state index contributed by atoms with van der Waals surface area (Å²) in [6.07, 6.45) is -0.612. The summed E-state index contributed by atoms with van der Waals surface area (Å²) in [5.41, 5.74) is 1.56. The van der Waals surface area contributed by atoms with Crippen LogP contribution in [0.4, 0.5) is 0 Å². The molecule has 21 heavy (non-hydrogen) atoms. The molecule has 0 radical (unpaired) electrons. The predicted molar refractivity (Wildman–Crippen MR) is 89.8 cm³/mol. The number of rotatable bonds is 5. The quantitative estimate of drug-likeness (QED) is 0.677. The van der Waals surface area contributed by atoms with Gasteiger partial charge in [0.25, 0.3) is 0 Å². The molecule has 0 aromatic heterocycles. The maximum absolute atomic E-state index is 12.6. The zero-order chi connectivity index (χ0) is 15.5. The Morgan fingerprint density at radius 3 is 2.19 bits per heavy atom. The molecule has 2 nitrogen and oxygen atoms in total. The van der Waals surface area contributed by atoms with Crippen molar-refractivity contribution in [2.75, 3.05) is 0 Å². The second-order valence-electron chi connectivity index (χ2n) is 6.35. The van der Waals surface area contributed by atoms with E-state index in [4.69, 9.17) is 0 Å². The van der Waals surface area contributed by atoms with Crippen LogP contribution in [0.2, 0.25) is 19.6 Å². The highest BCUT2D eigenvalue weighted by Gasteiger charge is 2.24. The van der Waals surface area contributed by atoms with Crippen molar-refractivity contribution in [3.8, 4) is 0 Å². The van der Waals surface area contributed by atoms with Gasteiger partial charge in [-0.15, -0.1) is 0 Å². The maximum atomic E-state index is 12.6. The summed E-state index contributed by atoms with van der Waals surface area (Å²) in [5, 5.41) is 11.4. The summed E-state index contributed by atoms with van der Waals surface area (Å²) >= 11 is 0. The molecular formula is C18H22O2Si. The van der Waals surface area contributed by atoms with Gasteiger partial charge in [-0.2, -0.15) is 0 Å². The largest absolute Gasteiger partial charge is 0.388 e. The number of ketones is 1. The molecule has 0 saturated heterocycles. The maximum Gasteiger partial charge on any atom is 0.165 e. The van der Waals surface area contributed by atoms with Crippen molar-refractivity contribution in [1.82, 2.24) is 0 Å². The Morgan fingerprint density at radius 1 is 1.00 bits per heavy atom. The van der Waals surface area contributed by atoms with E-state index in [1.807, 2.05) is 54.6 Å². The monoisotopic (exact) mass is 298 g/mol. The summed E-state index contributed by atoms with van der Waals surface area (Å²) in [6, 6.07) is 17.2. The summed E-state index contributed by atoms with van der Waals surface area (Å²) in [5.74, 6) is 0.0179. The summed E-state index contributed by atoms with van der Waals surface area (Å²) in [7, 11) is -1.57. The van der Waals surface area contributed by atoms with E-state index in [0.29, 0.717) is 0 Å². The molecule has 0 fully saturated rings. The minimum absolute atomic E-state index is 0.0179. The van der Waals surface area contributed by atoms with Crippen LogP contribution in [0.15, 0.2) is 54.6 Å². The van der Waals surface area contributed by atoms with Gasteiger partial charge in [-0.1, -0.05) is 74.2 Å². The smallest absolute Gasteiger partial charge is 0.165 e. The molecule has 0 spiro atoms. The Morgan fingerprint density at radius 2 is 1.57 bits per heavy atom. The topological polar surface area (TPSA) is 37.3 Å². The highest BCUT2D eigenvalue weighted by Crippen LogP contribution is 2.19. The molecule has 1 atom stereocenters. The number of Topliss-reactive ketones (excluding diaryl/α,β-unsaturated/α-hetero) is 1. The Labute approximate surface area is 127 Å². The molecule has 2 aromatic rings. The zero-order valence-corrected chi connectivity index (χ0v) is 13.8. The van der Waals surface area contributed by atoms with Gasteiger partial charge in [0.1, 0.15) is 0 Å². The lowest BCUT2D eigenvalue weighted by Crippen LogP contribution is -2.41. The molecule has 0 amide bonds. The fraction of sp³-hybridized carbons (Fsp3) is 0.278. The summed E-state index contributed by atoms with van der Waals surface area (Å²) in [6.45, 7) is 6.69. The third-order valence-corrected chi connectivity index (χ3v) is 5.65. The first-order valence-electron chi connectivity index (χ1n) is 7.25. The molecular weight excluding hydrogens is 276 g/mol. The average molecular weight is 298 g/mol. The highest BCUT2D eigenvalue weighted by molar-refractivity contribution is 6.89. The molecule has 0 aliphatic heterocycles. The minimum Gasteiger partial charge on any atom is -0.388 e. The fourth-order valence-corrected chi connectivity index (χ4v) is 4.09. The van der Waals surface area contributed by atoms with E-state index in [-0.39, 0.29) is 12.2 Å². The number of aliphatic hydroxyl groups is 1. The van der Waals surface area contributed by atoms with Gasteiger partial charge in [0, 0.05) is 12.0 Å². The number of carbonyl (C=O) groups is 1. The van der Waals surface area contributed by atoms with Crippen LogP contribution in [0.1, 0.15) is 28.4 Å². The van der Waals surface area contributed by atoms with E-state index in [2.05, 4.69) is 19.6 Å². The molecule has 0 bridgehead atoms. The van der Waals surface area contributed by atoms with Gasteiger partial charge < -0.3 is 5.11 Å². The molecule has 0 heterocycles. The number of carbonyl (C=O) groups excluding carboxylic acids is 1. The van der Waals surface area contributed by atoms with E-state index in [1.165, 1.54) is 0 Å². The first kappa shape index (κ1) is 15.7. The highest BCUT2D eigenvalue weighted by atomic mass is 28.3. The van der Waals surface area contributed by atoms with Gasteiger partial charge in [-0.25, -0.2) is 0 Å². The number of hydrogen-bond acceptors (Lipinski definition) is 2. The van der Waals surface area contributed by atoms with Crippen LogP contribution in [0, 0.1) is 0 Å². The second kappa shape index (κ2) is 6.37. The van der Waals surface area contributed by atoms with Gasteiger partial charge in [0.2, 0.25) is 0 Å². The fourth-order valence-electron chi connectivity index (χ4n) is 2.46. The lowest BCUT2D eigenvalue weighted by Gasteiger charge is -2.21. The van der Waals surface area contributed by atoms with Gasteiger partial charge in [0.15, 0.2) is 5.78 Å². The third kappa shape index (κ3) is 3.90. The zero-order valence-electron chi connectivity index (χ0n) is 12.8. The molecule has 1 unspecified atom stereocenters. The Hall–Kier alpha value is -1.71. The van der Waals surface area contributed by atoms with Crippen molar-refractivity contribution >= 4 is 19.0 Å². The standard InChI is InChI=1S/C18H22O2Si/c1-21(2,3)18-12-8-7-11-15(18)17(20)13-16(19)14-9-5-4-6-10-14/h4-12,16,19H,13H2,1-3H3. The van der Waals surface area contributed by atoms with E-state index >= 15 is 0 Å². The average Bonchev–Trinajstić information content (AvgIpc) is 2.47. The van der Waals surface area contributed by atoms with Crippen molar-refractivity contribution in [2.24, 2.45) is 0 Å². The van der Waals surface area contributed by atoms with Crippen LogP contribution in [0.3, 0.4) is 0 Å². The summed E-state index contributed by atoms with van der Waals surface area (Å²) in [4.78, 5) is 12.6. The SMILES string of the molecule is C[Si](C)(C)c1ccccc1C(=O)CC(O)c1ccccc1. The van der Waals surface area contributed by atoms with Crippen molar-refractivity contribution in [3.63, 3.8) is 0 Å². The van der Waals surface area contributed by atoms with E-state index in [0.717, 1.165) is 16.3 Å². The van der Waals surface area contributed by atoms with Crippen LogP contribution in [0.5, 0.6) is 0 Å². The Bertz CT molecular complexity index is 615. The minimum atomic E-state index is -1.57. The molecule has 0 aliphatic carbocycles. The van der Waals surface area contributed by atoms with E-state index in [9.17, 15) is 9.90 Å². The molecule has 0 saturated carbocycles. The van der Waals surface area contributed by atoms with Crippen LogP contribution < -0.4 is 5.19 Å². The van der Waals surface area contributed by atoms with Crippen LogP contribution in [0.25, 0.3) is 0 Å². The first-order valence-corrected chi connectivity index (χ1v) is 10.8. The van der Waals surface area contributed by atoms with Crippen LogP contribution in [-0.2, 0) is 0 Å². The lowest BCUT2D eigenvalue weighted by atomic mass is 10.0. The number of hydrogen-bond donors (Lipinski definition) is 1. The van der Waals surface area contributed by atoms with Gasteiger partial charge in [-0.05, 0) is 10.8 Å². The molecule has 2 rings (SSSR count).